The first-order valence-electron chi connectivity index (χ1n) is 8.23. The van der Waals surface area contributed by atoms with Gasteiger partial charge < -0.3 is 4.74 Å². The third-order valence-electron chi connectivity index (χ3n) is 4.06. The minimum Gasteiger partial charge on any atom is -0.381 e. The molecule has 0 unspecified atom stereocenters. The van der Waals surface area contributed by atoms with E-state index in [0.29, 0.717) is 11.7 Å². The highest BCUT2D eigenvalue weighted by Crippen LogP contribution is 2.29. The summed E-state index contributed by atoms with van der Waals surface area (Å²) in [5.74, 6) is 2.29. The van der Waals surface area contributed by atoms with Crippen LogP contribution in [-0.2, 0) is 21.5 Å². The minimum atomic E-state index is -0.424. The predicted octanol–water partition coefficient (Wildman–Crippen LogP) is 2.48. The number of hydrogen-bond acceptors (Lipinski definition) is 6. The van der Waals surface area contributed by atoms with Crippen LogP contribution in [0.3, 0.4) is 0 Å². The summed E-state index contributed by atoms with van der Waals surface area (Å²) in [6, 6.07) is 0. The first-order valence-corrected chi connectivity index (χ1v) is 9.21. The van der Waals surface area contributed by atoms with Crippen LogP contribution in [0.1, 0.15) is 53.3 Å². The topological polar surface area (TPSA) is 69.9 Å². The molecule has 0 aromatic carbocycles. The van der Waals surface area contributed by atoms with Crippen LogP contribution in [0.5, 0.6) is 0 Å². The Kier molecular flexibility index (Phi) is 5.84. The van der Waals surface area contributed by atoms with Gasteiger partial charge in [-0.1, -0.05) is 0 Å². The summed E-state index contributed by atoms with van der Waals surface area (Å²) in [7, 11) is 0. The molecule has 23 heavy (non-hydrogen) atoms. The molecule has 1 aliphatic rings. The second-order valence-electron chi connectivity index (χ2n) is 7.64. The SMILES string of the molecule is CC(C)(SCC[C@@H]1CCOC1)C(=O)Cc1nnn(C(C)(C)C)n1. The molecule has 130 valence electrons. The Labute approximate surface area is 142 Å². The number of Topliss-reactive ketones (excluding diaryl/α,β-unsaturated/α-hetero) is 1. The van der Waals surface area contributed by atoms with E-state index in [9.17, 15) is 4.79 Å². The van der Waals surface area contributed by atoms with Gasteiger partial charge in [0, 0.05) is 13.2 Å². The van der Waals surface area contributed by atoms with E-state index in [-0.39, 0.29) is 17.7 Å². The zero-order chi connectivity index (χ0) is 17.1. The second-order valence-corrected chi connectivity index (χ2v) is 9.36. The first-order chi connectivity index (χ1) is 10.7. The molecule has 7 heteroatoms. The lowest BCUT2D eigenvalue weighted by Gasteiger charge is -2.22. The van der Waals surface area contributed by atoms with Crippen molar-refractivity contribution in [3.05, 3.63) is 5.82 Å². The van der Waals surface area contributed by atoms with E-state index in [0.717, 1.165) is 31.8 Å². The monoisotopic (exact) mass is 340 g/mol. The van der Waals surface area contributed by atoms with Crippen LogP contribution in [-0.4, -0.2) is 49.7 Å². The molecule has 2 rings (SSSR count). The molecule has 0 bridgehead atoms. The lowest BCUT2D eigenvalue weighted by Crippen LogP contribution is -2.31. The molecule has 1 aliphatic heterocycles. The lowest BCUT2D eigenvalue weighted by molar-refractivity contribution is -0.120. The Balaban J connectivity index is 1.83. The number of aromatic nitrogens is 4. The first kappa shape index (κ1) is 18.4. The molecule has 1 fully saturated rings. The quantitative estimate of drug-likeness (QED) is 0.759. The van der Waals surface area contributed by atoms with E-state index in [1.807, 2.05) is 34.6 Å². The summed E-state index contributed by atoms with van der Waals surface area (Å²) >= 11 is 1.72. The molecule has 6 nitrogen and oxygen atoms in total. The van der Waals surface area contributed by atoms with Crippen molar-refractivity contribution in [2.45, 2.75) is 64.2 Å². The molecule has 0 saturated carbocycles. The molecule has 2 heterocycles. The maximum atomic E-state index is 12.6. The van der Waals surface area contributed by atoms with Crippen molar-refractivity contribution in [1.82, 2.24) is 20.2 Å². The van der Waals surface area contributed by atoms with Gasteiger partial charge in [0.25, 0.3) is 0 Å². The molecule has 1 aromatic heterocycles. The summed E-state index contributed by atoms with van der Waals surface area (Å²) in [5, 5.41) is 12.4. The average molecular weight is 340 g/mol. The van der Waals surface area contributed by atoms with Crippen LogP contribution in [0, 0.1) is 5.92 Å². The highest BCUT2D eigenvalue weighted by atomic mass is 32.2. The van der Waals surface area contributed by atoms with Crippen molar-refractivity contribution in [3.63, 3.8) is 0 Å². The van der Waals surface area contributed by atoms with Crippen molar-refractivity contribution in [3.8, 4) is 0 Å². The third-order valence-corrected chi connectivity index (χ3v) is 5.45. The van der Waals surface area contributed by atoms with Gasteiger partial charge in [-0.3, -0.25) is 4.79 Å². The number of carbonyl (C=O) groups is 1. The van der Waals surface area contributed by atoms with Gasteiger partial charge in [0.2, 0.25) is 0 Å². The Hall–Kier alpha value is -0.950. The van der Waals surface area contributed by atoms with E-state index in [2.05, 4.69) is 15.4 Å². The molecule has 0 radical (unpaired) electrons. The van der Waals surface area contributed by atoms with Crippen molar-refractivity contribution in [2.75, 3.05) is 19.0 Å². The average Bonchev–Trinajstić information content (AvgIpc) is 3.08. The Bertz CT molecular complexity index is 530. The maximum absolute atomic E-state index is 12.6. The van der Waals surface area contributed by atoms with Gasteiger partial charge >= 0.3 is 0 Å². The minimum absolute atomic E-state index is 0.152. The number of carbonyl (C=O) groups excluding carboxylic acids is 1. The highest BCUT2D eigenvalue weighted by molar-refractivity contribution is 8.01. The zero-order valence-corrected chi connectivity index (χ0v) is 15.7. The molecule has 0 N–H and O–H groups in total. The number of ether oxygens (including phenoxy) is 1. The highest BCUT2D eigenvalue weighted by Gasteiger charge is 2.30. The lowest BCUT2D eigenvalue weighted by atomic mass is 10.1. The maximum Gasteiger partial charge on any atom is 0.182 e. The fourth-order valence-electron chi connectivity index (χ4n) is 2.33. The smallest absolute Gasteiger partial charge is 0.182 e. The van der Waals surface area contributed by atoms with Crippen molar-refractivity contribution in [1.29, 1.82) is 0 Å². The van der Waals surface area contributed by atoms with Crippen LogP contribution in [0.2, 0.25) is 0 Å². The van der Waals surface area contributed by atoms with Gasteiger partial charge in [0.05, 0.1) is 16.7 Å². The van der Waals surface area contributed by atoms with Crippen LogP contribution < -0.4 is 0 Å². The van der Waals surface area contributed by atoms with Crippen molar-refractivity contribution in [2.24, 2.45) is 5.92 Å². The van der Waals surface area contributed by atoms with Gasteiger partial charge in [-0.2, -0.15) is 4.80 Å². The van der Waals surface area contributed by atoms with Crippen LogP contribution in [0.15, 0.2) is 0 Å². The number of rotatable bonds is 7. The fourth-order valence-corrected chi connectivity index (χ4v) is 3.52. The van der Waals surface area contributed by atoms with Gasteiger partial charge in [0.1, 0.15) is 0 Å². The molecule has 0 aliphatic carbocycles. The molecular weight excluding hydrogens is 312 g/mol. The van der Waals surface area contributed by atoms with Crippen molar-refractivity contribution < 1.29 is 9.53 Å². The summed E-state index contributed by atoms with van der Waals surface area (Å²) in [6.45, 7) is 11.7. The number of thioether (sulfide) groups is 1. The number of hydrogen-bond donors (Lipinski definition) is 0. The summed E-state index contributed by atoms with van der Waals surface area (Å²) in [6.07, 6.45) is 2.50. The Morgan fingerprint density at radius 3 is 2.65 bits per heavy atom. The van der Waals surface area contributed by atoms with Crippen LogP contribution in [0.25, 0.3) is 0 Å². The molecular formula is C16H28N4O2S. The molecule has 0 amide bonds. The number of ketones is 1. The molecule has 0 spiro atoms. The summed E-state index contributed by atoms with van der Waals surface area (Å²) in [4.78, 5) is 14.1. The molecule has 1 saturated heterocycles. The largest absolute Gasteiger partial charge is 0.381 e. The van der Waals surface area contributed by atoms with Gasteiger partial charge in [-0.25, -0.2) is 0 Å². The van der Waals surface area contributed by atoms with Crippen LogP contribution >= 0.6 is 11.8 Å². The third kappa shape index (κ3) is 5.28. The van der Waals surface area contributed by atoms with Crippen molar-refractivity contribution >= 4 is 17.5 Å². The summed E-state index contributed by atoms with van der Waals surface area (Å²) < 4.78 is 4.97. The predicted molar refractivity (Wildman–Crippen MR) is 91.6 cm³/mol. The molecule has 1 atom stereocenters. The van der Waals surface area contributed by atoms with E-state index in [1.165, 1.54) is 0 Å². The van der Waals surface area contributed by atoms with E-state index < -0.39 is 4.75 Å². The normalized spacial score (nSPS) is 19.3. The van der Waals surface area contributed by atoms with Crippen LogP contribution in [0.4, 0.5) is 0 Å². The van der Waals surface area contributed by atoms with E-state index in [1.54, 1.807) is 16.6 Å². The standard InChI is InChI=1S/C16H28N4O2S/c1-15(2,3)20-18-14(17-19-20)10-13(21)16(4,5)23-9-7-12-6-8-22-11-12/h12H,6-11H2,1-5H3/t12-/m0/s1. The molecule has 1 aromatic rings. The Morgan fingerprint density at radius 2 is 2.09 bits per heavy atom. The Morgan fingerprint density at radius 1 is 1.35 bits per heavy atom. The summed E-state index contributed by atoms with van der Waals surface area (Å²) in [5.41, 5.74) is -0.220. The van der Waals surface area contributed by atoms with Gasteiger partial charge in [0.15, 0.2) is 11.6 Å². The van der Waals surface area contributed by atoms with Gasteiger partial charge in [-0.05, 0) is 64.3 Å². The zero-order valence-electron chi connectivity index (χ0n) is 14.8. The van der Waals surface area contributed by atoms with E-state index >= 15 is 0 Å². The number of tetrazole rings is 1. The van der Waals surface area contributed by atoms with Gasteiger partial charge in [-0.15, -0.1) is 22.0 Å². The van der Waals surface area contributed by atoms with E-state index in [4.69, 9.17) is 4.74 Å². The fraction of sp³-hybridized carbons (Fsp3) is 0.875. The number of nitrogens with zero attached hydrogens (tertiary/aromatic N) is 4. The second kappa shape index (κ2) is 7.30.